The summed E-state index contributed by atoms with van der Waals surface area (Å²) in [6.45, 7) is 3.02. The third kappa shape index (κ3) is 13.2. The number of fused-ring (bicyclic) bond motifs is 3. The third-order valence-electron chi connectivity index (χ3n) is 13.1. The highest BCUT2D eigenvalue weighted by atomic mass is 35.5. The van der Waals surface area contributed by atoms with Crippen LogP contribution in [0.5, 0.6) is 17.2 Å². The molecule has 1 amide bonds. The lowest BCUT2D eigenvalue weighted by molar-refractivity contribution is -0.260. The van der Waals surface area contributed by atoms with E-state index in [9.17, 15) is 28.8 Å². The summed E-state index contributed by atoms with van der Waals surface area (Å²) in [5, 5.41) is 3.29. The zero-order valence-electron chi connectivity index (χ0n) is 43.0. The van der Waals surface area contributed by atoms with E-state index in [4.69, 9.17) is 54.2 Å². The summed E-state index contributed by atoms with van der Waals surface area (Å²) >= 11 is 5.42. The number of esters is 1. The highest BCUT2D eigenvalue weighted by Gasteiger charge is 2.52. The van der Waals surface area contributed by atoms with Gasteiger partial charge in [0.25, 0.3) is 0 Å². The molecule has 4 aliphatic rings. The molecule has 2 aliphatic heterocycles. The van der Waals surface area contributed by atoms with Gasteiger partial charge in [0.05, 0.1) is 70.0 Å². The first-order chi connectivity index (χ1) is 35.6. The molecule has 74 heavy (non-hydrogen) atoms. The van der Waals surface area contributed by atoms with E-state index < -0.39 is 47.4 Å². The smallest absolute Gasteiger partial charge is 0.404 e. The molecular formula is C52H64ClN3O16S2. The minimum atomic E-state index is -1.63. The molecule has 6 unspecified atom stereocenters. The van der Waals surface area contributed by atoms with E-state index in [0.717, 1.165) is 29.3 Å². The number of nitrogens with zero attached hydrogens (tertiary/aromatic N) is 2. The van der Waals surface area contributed by atoms with E-state index >= 15 is 0 Å². The highest BCUT2D eigenvalue weighted by Crippen LogP contribution is 2.54. The standard InChI is InChI=1S/C36H40ClNO12.C16H24N2O4S2/c1-18-32(44-3)21(38-12-7-8-13-38)14-25(49-18)50-23-16-36(47-6,24(39)17-48-35(37)42)15-20-27(23)34(46-5)29-28(33(20)45-4)30(40)19-10-9-11-22(43-2)26(19)31(29)41;1-18(2)15(19)8-11-23-24-14-7-5-4-6-13(14)17-9-10-22-12-16(20)21-3/h7,9-12,18,21,23,25,32H,8,13-17H2,1-6H3;4-7,17H,8-12H2,1-3H3. The number of halogens is 1. The maximum atomic E-state index is 14.4. The lowest BCUT2D eigenvalue weighted by atomic mass is 9.71. The van der Waals surface area contributed by atoms with Crippen molar-refractivity contribution in [1.29, 1.82) is 0 Å². The summed E-state index contributed by atoms with van der Waals surface area (Å²) < 4.78 is 57.0. The van der Waals surface area contributed by atoms with E-state index in [0.29, 0.717) is 37.1 Å². The van der Waals surface area contributed by atoms with Gasteiger partial charge in [0.2, 0.25) is 17.5 Å². The van der Waals surface area contributed by atoms with Gasteiger partial charge in [-0.3, -0.25) is 19.2 Å². The SMILES string of the molecule is COC(=O)COCCNc1ccccc1SSCCC(=O)N(C)C.COc1cccc2c1C(=O)c1c(OC)c3c(c(OC)c1C2=O)CC(OC)(C(=O)COC(=O)Cl)CC3OC1CC(N2C=CCC2)C(OC)C(C)O1. The zero-order valence-corrected chi connectivity index (χ0v) is 45.4. The maximum absolute atomic E-state index is 14.4. The van der Waals surface area contributed by atoms with Gasteiger partial charge in [-0.15, -0.1) is 0 Å². The van der Waals surface area contributed by atoms with Crippen molar-refractivity contribution in [3.05, 3.63) is 88.1 Å². The normalized spacial score (nSPS) is 21.5. The Balaban J connectivity index is 0.000000313. The number of nitrogens with one attached hydrogen (secondary N) is 1. The van der Waals surface area contributed by atoms with Crippen LogP contribution in [0, 0.1) is 0 Å². The van der Waals surface area contributed by atoms with Crippen molar-refractivity contribution < 1.29 is 76.1 Å². The first-order valence-corrected chi connectivity index (χ1v) is 26.5. The van der Waals surface area contributed by atoms with Gasteiger partial charge >= 0.3 is 11.4 Å². The number of para-hydroxylation sites is 1. The molecule has 0 aromatic heterocycles. The summed E-state index contributed by atoms with van der Waals surface area (Å²) in [7, 11) is 15.4. The Kier molecular flexibility index (Phi) is 21.0. The second kappa shape index (κ2) is 26.9. The van der Waals surface area contributed by atoms with Gasteiger partial charge in [-0.2, -0.15) is 0 Å². The fraction of sp³-hybridized carbons (Fsp3) is 0.500. The van der Waals surface area contributed by atoms with Crippen molar-refractivity contribution in [3.63, 3.8) is 0 Å². The Morgan fingerprint density at radius 2 is 1.66 bits per heavy atom. The van der Waals surface area contributed by atoms with Crippen LogP contribution in [0.2, 0.25) is 0 Å². The van der Waals surface area contributed by atoms with Gasteiger partial charge < -0.3 is 62.5 Å². The Morgan fingerprint density at radius 1 is 0.919 bits per heavy atom. The molecule has 0 radical (unpaired) electrons. The average molecular weight is 1090 g/mol. The van der Waals surface area contributed by atoms with E-state index in [2.05, 4.69) is 21.0 Å². The van der Waals surface area contributed by atoms with Crippen LogP contribution in [0.3, 0.4) is 0 Å². The summed E-state index contributed by atoms with van der Waals surface area (Å²) in [5.74, 6) is -0.669. The molecule has 0 spiro atoms. The molecule has 1 fully saturated rings. The van der Waals surface area contributed by atoms with Crippen LogP contribution in [-0.2, 0) is 54.0 Å². The molecule has 402 valence electrons. The van der Waals surface area contributed by atoms with Gasteiger partial charge in [0, 0.05) is 112 Å². The van der Waals surface area contributed by atoms with Gasteiger partial charge in [0.1, 0.15) is 35.6 Å². The van der Waals surface area contributed by atoms with Gasteiger partial charge in [-0.05, 0) is 37.7 Å². The molecule has 0 saturated carbocycles. The van der Waals surface area contributed by atoms with E-state index in [1.165, 1.54) is 35.5 Å². The summed E-state index contributed by atoms with van der Waals surface area (Å²) in [4.78, 5) is 81.4. The summed E-state index contributed by atoms with van der Waals surface area (Å²) in [5.41, 5.74) is -0.817. The van der Waals surface area contributed by atoms with E-state index in [1.807, 2.05) is 37.4 Å². The Labute approximate surface area is 443 Å². The fourth-order valence-electron chi connectivity index (χ4n) is 9.51. The molecule has 6 atom stereocenters. The highest BCUT2D eigenvalue weighted by molar-refractivity contribution is 8.76. The van der Waals surface area contributed by atoms with Gasteiger partial charge in [0.15, 0.2) is 18.7 Å². The number of anilines is 1. The van der Waals surface area contributed by atoms with Crippen molar-refractivity contribution >= 4 is 73.5 Å². The predicted octanol–water partition coefficient (Wildman–Crippen LogP) is 7.07. The van der Waals surface area contributed by atoms with Crippen LogP contribution >= 0.6 is 33.2 Å². The Bertz CT molecular complexity index is 2560. The Hall–Kier alpha value is -5.39. The van der Waals surface area contributed by atoms with Crippen molar-refractivity contribution in [2.24, 2.45) is 0 Å². The van der Waals surface area contributed by atoms with Crippen molar-refractivity contribution in [1.82, 2.24) is 9.80 Å². The predicted molar refractivity (Wildman–Crippen MR) is 277 cm³/mol. The molecule has 22 heteroatoms. The number of methoxy groups -OCH3 is 6. The average Bonchev–Trinajstić information content (AvgIpc) is 3.95. The zero-order chi connectivity index (χ0) is 53.7. The van der Waals surface area contributed by atoms with Crippen LogP contribution in [0.15, 0.2) is 59.6 Å². The number of ether oxygens (including phenoxy) is 10. The number of benzene rings is 3. The van der Waals surface area contributed by atoms with E-state index in [1.54, 1.807) is 65.9 Å². The van der Waals surface area contributed by atoms with Gasteiger partial charge in [-0.25, -0.2) is 9.59 Å². The van der Waals surface area contributed by atoms with Crippen LogP contribution in [-0.4, -0.2) is 170 Å². The molecule has 2 aliphatic carbocycles. The van der Waals surface area contributed by atoms with Crippen LogP contribution in [0.25, 0.3) is 0 Å². The fourth-order valence-corrected chi connectivity index (χ4v) is 11.7. The number of Topliss-reactive ketones (excluding diaryl/α,β-unsaturated/α-hetero) is 1. The lowest BCUT2D eigenvalue weighted by Gasteiger charge is -2.46. The number of rotatable bonds is 22. The number of carbonyl (C=O) groups is 6. The molecular weight excluding hydrogens is 1020 g/mol. The number of carbonyl (C=O) groups excluding carboxylic acids is 6. The minimum absolute atomic E-state index is 0.0107. The van der Waals surface area contributed by atoms with Gasteiger partial charge in [-0.1, -0.05) is 51.9 Å². The Morgan fingerprint density at radius 3 is 2.31 bits per heavy atom. The lowest BCUT2D eigenvalue weighted by Crippen LogP contribution is -2.55. The molecule has 0 bridgehead atoms. The van der Waals surface area contributed by atoms with Crippen LogP contribution < -0.4 is 19.5 Å². The number of hydrogen-bond acceptors (Lipinski definition) is 20. The quantitative estimate of drug-likeness (QED) is 0.0361. The second-order valence-corrected chi connectivity index (χ2v) is 20.4. The van der Waals surface area contributed by atoms with Crippen LogP contribution in [0.1, 0.15) is 81.7 Å². The molecule has 1 saturated heterocycles. The third-order valence-corrected chi connectivity index (χ3v) is 15.6. The first-order valence-electron chi connectivity index (χ1n) is 23.8. The molecule has 7 rings (SSSR count). The molecule has 3 aromatic carbocycles. The van der Waals surface area contributed by atoms with Crippen LogP contribution in [0.4, 0.5) is 10.5 Å². The van der Waals surface area contributed by atoms with Crippen molar-refractivity contribution in [2.75, 3.05) is 101 Å². The number of amides is 1. The topological polar surface area (TPSA) is 213 Å². The molecule has 3 aromatic rings. The summed E-state index contributed by atoms with van der Waals surface area (Å²) in [6, 6.07) is 12.7. The van der Waals surface area contributed by atoms with E-state index in [-0.39, 0.29) is 89.1 Å². The molecule has 1 N–H and O–H groups in total. The molecule has 2 heterocycles. The minimum Gasteiger partial charge on any atom is -0.496 e. The number of ketones is 3. The second-order valence-electron chi connectivity index (χ2n) is 17.6. The maximum Gasteiger partial charge on any atom is 0.404 e. The first kappa shape index (κ1) is 57.9. The number of hydrogen-bond donors (Lipinski definition) is 1. The van der Waals surface area contributed by atoms with Crippen molar-refractivity contribution in [2.45, 2.75) is 80.2 Å². The largest absolute Gasteiger partial charge is 0.496 e. The monoisotopic (exact) mass is 1090 g/mol. The summed E-state index contributed by atoms with van der Waals surface area (Å²) in [6.07, 6.45) is 3.32. The van der Waals surface area contributed by atoms with Crippen molar-refractivity contribution in [3.8, 4) is 17.2 Å². The molecule has 19 nitrogen and oxygen atoms in total.